The Bertz CT molecular complexity index is 279. The number of sulfonamides is 1. The normalized spacial score (nSPS) is 35.2. The number of hydrogen-bond acceptors (Lipinski definition) is 2. The van der Waals surface area contributed by atoms with Crippen LogP contribution in [0.15, 0.2) is 0 Å². The molecule has 0 radical (unpaired) electrons. The lowest BCUT2D eigenvalue weighted by Crippen LogP contribution is -2.41. The molecule has 2 fully saturated rings. The molecule has 3 nitrogen and oxygen atoms in total. The summed E-state index contributed by atoms with van der Waals surface area (Å²) < 4.78 is 24.8. The van der Waals surface area contributed by atoms with E-state index in [0.29, 0.717) is 11.8 Å². The maximum absolute atomic E-state index is 11.6. The van der Waals surface area contributed by atoms with Crippen molar-refractivity contribution in [3.8, 4) is 0 Å². The van der Waals surface area contributed by atoms with Gasteiger partial charge in [0.1, 0.15) is 4.66 Å². The second-order valence-electron chi connectivity index (χ2n) is 4.08. The molecule has 76 valence electrons. The van der Waals surface area contributed by atoms with Crippen molar-refractivity contribution in [2.24, 2.45) is 11.8 Å². The number of piperidine rings is 1. The zero-order chi connectivity index (χ0) is 9.47. The number of alkyl halides is 1. The van der Waals surface area contributed by atoms with E-state index < -0.39 is 10.0 Å². The quantitative estimate of drug-likeness (QED) is 0.710. The molecule has 2 bridgehead atoms. The van der Waals surface area contributed by atoms with Crippen LogP contribution >= 0.6 is 15.9 Å². The minimum atomic E-state index is -3.00. The third-order valence-corrected chi connectivity index (χ3v) is 6.20. The highest BCUT2D eigenvalue weighted by Crippen LogP contribution is 2.37. The molecule has 0 amide bonds. The van der Waals surface area contributed by atoms with Gasteiger partial charge in [0.05, 0.1) is 0 Å². The SMILES string of the molecule is O=S(=O)(CBr)N1CC2CCC(C2)C1. The molecule has 0 aromatic carbocycles. The highest BCUT2D eigenvalue weighted by atomic mass is 79.9. The number of rotatable bonds is 2. The van der Waals surface area contributed by atoms with Crippen molar-refractivity contribution in [3.63, 3.8) is 0 Å². The molecule has 2 unspecified atom stereocenters. The smallest absolute Gasteiger partial charge is 0.211 e. The number of halogens is 1. The first-order chi connectivity index (χ1) is 6.12. The Kier molecular flexibility index (Phi) is 2.68. The van der Waals surface area contributed by atoms with Crippen molar-refractivity contribution in [2.45, 2.75) is 19.3 Å². The predicted molar refractivity (Wildman–Crippen MR) is 55.1 cm³/mol. The number of nitrogens with zero attached hydrogens (tertiary/aromatic N) is 1. The summed E-state index contributed by atoms with van der Waals surface area (Å²) in [7, 11) is -3.00. The van der Waals surface area contributed by atoms with Crippen LogP contribution in [0, 0.1) is 11.8 Å². The molecule has 13 heavy (non-hydrogen) atoms. The minimum Gasteiger partial charge on any atom is -0.211 e. The minimum absolute atomic E-state index is 0.0689. The highest BCUT2D eigenvalue weighted by Gasteiger charge is 2.37. The summed E-state index contributed by atoms with van der Waals surface area (Å²) >= 11 is 3.04. The van der Waals surface area contributed by atoms with Gasteiger partial charge in [-0.3, -0.25) is 0 Å². The first-order valence-corrected chi connectivity index (χ1v) is 7.38. The van der Waals surface area contributed by atoms with Crippen LogP contribution in [-0.4, -0.2) is 30.5 Å². The molecule has 0 aromatic rings. The monoisotopic (exact) mass is 267 g/mol. The molecule has 2 aliphatic rings. The van der Waals surface area contributed by atoms with Crippen molar-refractivity contribution in [1.82, 2.24) is 4.31 Å². The van der Waals surface area contributed by atoms with E-state index in [1.54, 1.807) is 4.31 Å². The van der Waals surface area contributed by atoms with E-state index in [-0.39, 0.29) is 4.66 Å². The Morgan fingerprint density at radius 1 is 1.23 bits per heavy atom. The molecule has 2 rings (SSSR count). The van der Waals surface area contributed by atoms with Gasteiger partial charge in [-0.1, -0.05) is 15.9 Å². The van der Waals surface area contributed by atoms with Crippen LogP contribution in [0.25, 0.3) is 0 Å². The molecule has 5 heteroatoms. The van der Waals surface area contributed by atoms with Crippen molar-refractivity contribution in [2.75, 3.05) is 17.8 Å². The van der Waals surface area contributed by atoms with Crippen LogP contribution in [0.1, 0.15) is 19.3 Å². The summed E-state index contributed by atoms with van der Waals surface area (Å²) in [4.78, 5) is 0. The summed E-state index contributed by atoms with van der Waals surface area (Å²) in [6, 6.07) is 0. The van der Waals surface area contributed by atoms with Crippen LogP contribution in [0.4, 0.5) is 0 Å². The fraction of sp³-hybridized carbons (Fsp3) is 1.00. The molecular formula is C8H14BrNO2S. The molecule has 1 heterocycles. The zero-order valence-electron chi connectivity index (χ0n) is 7.45. The van der Waals surface area contributed by atoms with Crippen LogP contribution in [-0.2, 0) is 10.0 Å². The van der Waals surface area contributed by atoms with Crippen LogP contribution in [0.3, 0.4) is 0 Å². The number of hydrogen-bond donors (Lipinski definition) is 0. The van der Waals surface area contributed by atoms with Gasteiger partial charge in [-0.25, -0.2) is 12.7 Å². The van der Waals surface area contributed by atoms with Crippen molar-refractivity contribution < 1.29 is 8.42 Å². The maximum Gasteiger partial charge on any atom is 0.224 e. The summed E-state index contributed by atoms with van der Waals surface area (Å²) in [5.41, 5.74) is 0. The third kappa shape index (κ3) is 1.92. The van der Waals surface area contributed by atoms with E-state index in [0.717, 1.165) is 13.1 Å². The molecule has 1 aliphatic heterocycles. The van der Waals surface area contributed by atoms with E-state index in [1.807, 2.05) is 0 Å². The van der Waals surface area contributed by atoms with Gasteiger partial charge >= 0.3 is 0 Å². The van der Waals surface area contributed by atoms with Gasteiger partial charge in [0.2, 0.25) is 10.0 Å². The maximum atomic E-state index is 11.6. The van der Waals surface area contributed by atoms with Gasteiger partial charge in [0, 0.05) is 13.1 Å². The largest absolute Gasteiger partial charge is 0.224 e. The molecule has 1 aliphatic carbocycles. The van der Waals surface area contributed by atoms with Crippen LogP contribution < -0.4 is 0 Å². The summed E-state index contributed by atoms with van der Waals surface area (Å²) in [5, 5.41) is 0. The summed E-state index contributed by atoms with van der Waals surface area (Å²) in [6.07, 6.45) is 3.69. The van der Waals surface area contributed by atoms with E-state index in [2.05, 4.69) is 15.9 Å². The van der Waals surface area contributed by atoms with Crippen LogP contribution in [0.5, 0.6) is 0 Å². The van der Waals surface area contributed by atoms with E-state index in [1.165, 1.54) is 19.3 Å². The van der Waals surface area contributed by atoms with Gasteiger partial charge in [-0.15, -0.1) is 0 Å². The lowest BCUT2D eigenvalue weighted by atomic mass is 10.0. The number of fused-ring (bicyclic) bond motifs is 2. The summed E-state index contributed by atoms with van der Waals surface area (Å²) in [5.74, 6) is 1.26. The van der Waals surface area contributed by atoms with Gasteiger partial charge < -0.3 is 0 Å². The predicted octanol–water partition coefficient (Wildman–Crippen LogP) is 1.40. The summed E-state index contributed by atoms with van der Waals surface area (Å²) in [6.45, 7) is 1.51. The first-order valence-electron chi connectivity index (χ1n) is 4.65. The van der Waals surface area contributed by atoms with Crippen molar-refractivity contribution >= 4 is 26.0 Å². The molecular weight excluding hydrogens is 254 g/mol. The Hall–Kier alpha value is 0.390. The molecule has 1 saturated heterocycles. The van der Waals surface area contributed by atoms with Gasteiger partial charge in [0.15, 0.2) is 0 Å². The lowest BCUT2D eigenvalue weighted by molar-refractivity contribution is 0.262. The molecule has 0 N–H and O–H groups in total. The topological polar surface area (TPSA) is 37.4 Å². The molecule has 1 saturated carbocycles. The Labute approximate surface area is 87.7 Å². The Morgan fingerprint density at radius 3 is 2.23 bits per heavy atom. The fourth-order valence-corrected chi connectivity index (χ4v) is 4.34. The average Bonchev–Trinajstić information content (AvgIpc) is 2.45. The fourth-order valence-electron chi connectivity index (χ4n) is 2.46. The van der Waals surface area contributed by atoms with E-state index in [9.17, 15) is 8.42 Å². The highest BCUT2D eigenvalue weighted by molar-refractivity contribution is 9.10. The average molecular weight is 268 g/mol. The van der Waals surface area contributed by atoms with Gasteiger partial charge in [-0.05, 0) is 31.1 Å². The van der Waals surface area contributed by atoms with Gasteiger partial charge in [-0.2, -0.15) is 0 Å². The second kappa shape index (κ2) is 3.51. The van der Waals surface area contributed by atoms with Crippen molar-refractivity contribution in [3.05, 3.63) is 0 Å². The first kappa shape index (κ1) is 9.93. The standard InChI is InChI=1S/C8H14BrNO2S/c9-6-13(11,12)10-4-7-1-2-8(3-7)5-10/h7-8H,1-6H2. The molecule has 0 spiro atoms. The Morgan fingerprint density at radius 2 is 1.77 bits per heavy atom. The zero-order valence-corrected chi connectivity index (χ0v) is 9.85. The van der Waals surface area contributed by atoms with Crippen LogP contribution in [0.2, 0.25) is 0 Å². The lowest BCUT2D eigenvalue weighted by Gasteiger charge is -2.30. The third-order valence-electron chi connectivity index (χ3n) is 3.10. The van der Waals surface area contributed by atoms with Crippen molar-refractivity contribution in [1.29, 1.82) is 0 Å². The van der Waals surface area contributed by atoms with Gasteiger partial charge in [0.25, 0.3) is 0 Å². The Balaban J connectivity index is 2.11. The van der Waals surface area contributed by atoms with E-state index in [4.69, 9.17) is 0 Å². The van der Waals surface area contributed by atoms with E-state index >= 15 is 0 Å². The molecule has 2 atom stereocenters. The second-order valence-corrected chi connectivity index (χ2v) is 7.36. The molecule has 0 aromatic heterocycles.